The fourth-order valence-electron chi connectivity index (χ4n) is 2.01. The lowest BCUT2D eigenvalue weighted by Crippen LogP contribution is -2.27. The third-order valence-corrected chi connectivity index (χ3v) is 4.41. The Morgan fingerprint density at radius 2 is 1.79 bits per heavy atom. The molecule has 0 aliphatic heterocycles. The zero-order valence-corrected chi connectivity index (χ0v) is 14.3. The fourth-order valence-corrected chi connectivity index (χ4v) is 2.85. The molecule has 0 radical (unpaired) electrons. The Morgan fingerprint density at radius 1 is 1.17 bits per heavy atom. The summed E-state index contributed by atoms with van der Waals surface area (Å²) in [4.78, 5) is 24.8. The highest BCUT2D eigenvalue weighted by molar-refractivity contribution is 8.00. The number of carbonyl (C=O) groups excluding carboxylic acids is 1. The zero-order valence-electron chi connectivity index (χ0n) is 13.5. The second-order valence-corrected chi connectivity index (χ2v) is 6.19. The Labute approximate surface area is 144 Å². The maximum absolute atomic E-state index is 12.2. The van der Waals surface area contributed by atoms with Gasteiger partial charge in [-0.3, -0.25) is 14.9 Å². The van der Waals surface area contributed by atoms with Crippen molar-refractivity contribution in [2.45, 2.75) is 11.4 Å². The van der Waals surface area contributed by atoms with Gasteiger partial charge in [-0.05, 0) is 29.8 Å². The minimum Gasteiger partial charge on any atom is -0.497 e. The monoisotopic (exact) mass is 346 g/mol. The van der Waals surface area contributed by atoms with Crippen LogP contribution in [-0.2, 0) is 11.3 Å². The molecule has 2 rings (SSSR count). The topological polar surface area (TPSA) is 72.7 Å². The predicted molar refractivity (Wildman–Crippen MR) is 93.3 cm³/mol. The molecule has 7 heteroatoms. The highest BCUT2D eigenvalue weighted by Crippen LogP contribution is 2.22. The average Bonchev–Trinajstić information content (AvgIpc) is 2.60. The Balaban J connectivity index is 1.85. The van der Waals surface area contributed by atoms with Crippen molar-refractivity contribution in [1.29, 1.82) is 0 Å². The van der Waals surface area contributed by atoms with Crippen molar-refractivity contribution in [1.82, 2.24) is 4.90 Å². The number of methoxy groups -OCH3 is 1. The van der Waals surface area contributed by atoms with Crippen molar-refractivity contribution in [2.75, 3.05) is 19.9 Å². The molecule has 2 aromatic rings. The molecule has 126 valence electrons. The normalized spacial score (nSPS) is 10.2. The summed E-state index contributed by atoms with van der Waals surface area (Å²) in [5.74, 6) is 1.06. The summed E-state index contributed by atoms with van der Waals surface area (Å²) in [5.41, 5.74) is 1.06. The number of ether oxygens (including phenoxy) is 1. The molecule has 0 heterocycles. The van der Waals surface area contributed by atoms with Gasteiger partial charge in [-0.1, -0.05) is 12.1 Å². The van der Waals surface area contributed by atoms with E-state index in [1.54, 1.807) is 31.2 Å². The van der Waals surface area contributed by atoms with Gasteiger partial charge in [-0.25, -0.2) is 0 Å². The minimum atomic E-state index is -0.442. The summed E-state index contributed by atoms with van der Waals surface area (Å²) in [7, 11) is 3.36. The molecule has 0 bridgehead atoms. The first-order valence-electron chi connectivity index (χ1n) is 7.23. The van der Waals surface area contributed by atoms with Gasteiger partial charge in [0, 0.05) is 30.6 Å². The Kier molecular flexibility index (Phi) is 6.20. The van der Waals surface area contributed by atoms with Crippen LogP contribution in [0.25, 0.3) is 0 Å². The molecule has 0 saturated heterocycles. The predicted octanol–water partition coefficient (Wildman–Crippen LogP) is 3.35. The van der Waals surface area contributed by atoms with Crippen molar-refractivity contribution in [2.24, 2.45) is 0 Å². The molecular weight excluding hydrogens is 328 g/mol. The van der Waals surface area contributed by atoms with E-state index in [1.165, 1.54) is 23.9 Å². The fraction of sp³-hybridized carbons (Fsp3) is 0.235. The average molecular weight is 346 g/mol. The maximum Gasteiger partial charge on any atom is 0.269 e. The molecule has 0 aromatic heterocycles. The first-order chi connectivity index (χ1) is 11.5. The third-order valence-electron chi connectivity index (χ3n) is 3.41. The highest BCUT2D eigenvalue weighted by Gasteiger charge is 2.11. The zero-order chi connectivity index (χ0) is 17.5. The minimum absolute atomic E-state index is 0.00540. The molecule has 0 saturated carbocycles. The van der Waals surface area contributed by atoms with E-state index in [1.807, 2.05) is 24.3 Å². The van der Waals surface area contributed by atoms with Crippen molar-refractivity contribution >= 4 is 23.4 Å². The van der Waals surface area contributed by atoms with E-state index in [-0.39, 0.29) is 17.3 Å². The first kappa shape index (κ1) is 17.8. The van der Waals surface area contributed by atoms with Gasteiger partial charge in [0.2, 0.25) is 5.91 Å². The van der Waals surface area contributed by atoms with Crippen LogP contribution < -0.4 is 4.74 Å². The number of carbonyl (C=O) groups is 1. The van der Waals surface area contributed by atoms with Gasteiger partial charge in [-0.2, -0.15) is 0 Å². The number of amides is 1. The molecule has 0 atom stereocenters. The standard InChI is InChI=1S/C17H18N2O4S/c1-18(11-13-3-7-15(23-2)8-4-13)17(20)12-24-16-9-5-14(6-10-16)19(21)22/h3-10H,11-12H2,1-2H3. The number of nitro groups is 1. The van der Waals surface area contributed by atoms with Crippen molar-refractivity contribution in [3.63, 3.8) is 0 Å². The number of thioether (sulfide) groups is 1. The molecule has 0 N–H and O–H groups in total. The molecular formula is C17H18N2O4S. The smallest absolute Gasteiger partial charge is 0.269 e. The van der Waals surface area contributed by atoms with Gasteiger partial charge >= 0.3 is 0 Å². The number of non-ortho nitro benzene ring substituents is 1. The van der Waals surface area contributed by atoms with E-state index < -0.39 is 4.92 Å². The summed E-state index contributed by atoms with van der Waals surface area (Å²) in [6.45, 7) is 0.518. The first-order valence-corrected chi connectivity index (χ1v) is 8.22. The van der Waals surface area contributed by atoms with Crippen molar-refractivity contribution in [3.8, 4) is 5.75 Å². The summed E-state index contributed by atoms with van der Waals surface area (Å²) in [6.07, 6.45) is 0. The lowest BCUT2D eigenvalue weighted by molar-refractivity contribution is -0.384. The largest absolute Gasteiger partial charge is 0.497 e. The number of nitrogens with zero attached hydrogens (tertiary/aromatic N) is 2. The molecule has 6 nitrogen and oxygen atoms in total. The number of nitro benzene ring substituents is 1. The van der Waals surface area contributed by atoms with Crippen molar-refractivity contribution < 1.29 is 14.5 Å². The van der Waals surface area contributed by atoms with Crippen LogP contribution in [0.4, 0.5) is 5.69 Å². The quantitative estimate of drug-likeness (QED) is 0.437. The molecule has 0 aliphatic carbocycles. The second kappa shape index (κ2) is 8.35. The lowest BCUT2D eigenvalue weighted by atomic mass is 10.2. The third kappa shape index (κ3) is 4.99. The molecule has 2 aromatic carbocycles. The van der Waals surface area contributed by atoms with Crippen LogP contribution in [0.15, 0.2) is 53.4 Å². The van der Waals surface area contributed by atoms with Gasteiger partial charge in [0.1, 0.15) is 5.75 Å². The van der Waals surface area contributed by atoms with E-state index in [0.29, 0.717) is 6.54 Å². The van der Waals surface area contributed by atoms with Gasteiger partial charge in [-0.15, -0.1) is 11.8 Å². The van der Waals surface area contributed by atoms with E-state index in [0.717, 1.165) is 16.2 Å². The number of hydrogen-bond acceptors (Lipinski definition) is 5. The molecule has 1 amide bonds. The van der Waals surface area contributed by atoms with E-state index in [9.17, 15) is 14.9 Å². The van der Waals surface area contributed by atoms with Crippen LogP contribution in [-0.4, -0.2) is 35.6 Å². The molecule has 0 unspecified atom stereocenters. The summed E-state index contributed by atoms with van der Waals surface area (Å²) in [6, 6.07) is 13.7. The Hall–Kier alpha value is -2.54. The van der Waals surface area contributed by atoms with Crippen molar-refractivity contribution in [3.05, 3.63) is 64.2 Å². The van der Waals surface area contributed by atoms with Crippen LogP contribution in [0.5, 0.6) is 5.75 Å². The SMILES string of the molecule is COc1ccc(CN(C)C(=O)CSc2ccc([N+](=O)[O-])cc2)cc1. The Bertz CT molecular complexity index is 702. The van der Waals surface area contributed by atoms with Gasteiger partial charge < -0.3 is 9.64 Å². The molecule has 0 spiro atoms. The molecule has 0 aliphatic rings. The summed E-state index contributed by atoms with van der Waals surface area (Å²) >= 11 is 1.36. The molecule has 0 fully saturated rings. The second-order valence-electron chi connectivity index (χ2n) is 5.14. The number of benzene rings is 2. The maximum atomic E-state index is 12.2. The van der Waals surface area contributed by atoms with E-state index >= 15 is 0 Å². The van der Waals surface area contributed by atoms with Gasteiger partial charge in [0.15, 0.2) is 0 Å². The van der Waals surface area contributed by atoms with E-state index in [2.05, 4.69) is 0 Å². The summed E-state index contributed by atoms with van der Waals surface area (Å²) < 4.78 is 5.11. The van der Waals surface area contributed by atoms with Crippen LogP contribution in [0.2, 0.25) is 0 Å². The number of hydrogen-bond donors (Lipinski definition) is 0. The number of rotatable bonds is 7. The van der Waals surface area contributed by atoms with Crippen LogP contribution >= 0.6 is 11.8 Å². The van der Waals surface area contributed by atoms with Gasteiger partial charge in [0.05, 0.1) is 17.8 Å². The van der Waals surface area contributed by atoms with Crippen LogP contribution in [0.1, 0.15) is 5.56 Å². The highest BCUT2D eigenvalue weighted by atomic mass is 32.2. The van der Waals surface area contributed by atoms with Crippen LogP contribution in [0.3, 0.4) is 0 Å². The summed E-state index contributed by atoms with van der Waals surface area (Å²) in [5, 5.41) is 10.6. The van der Waals surface area contributed by atoms with E-state index in [4.69, 9.17) is 4.74 Å². The molecule has 24 heavy (non-hydrogen) atoms. The van der Waals surface area contributed by atoms with Gasteiger partial charge in [0.25, 0.3) is 5.69 Å². The van der Waals surface area contributed by atoms with Crippen LogP contribution in [0, 0.1) is 10.1 Å². The lowest BCUT2D eigenvalue weighted by Gasteiger charge is -2.17. The Morgan fingerprint density at radius 3 is 2.33 bits per heavy atom.